The van der Waals surface area contributed by atoms with Crippen LogP contribution in [0.25, 0.3) is 17.1 Å². The summed E-state index contributed by atoms with van der Waals surface area (Å²) in [7, 11) is 0. The molecule has 31 heavy (non-hydrogen) atoms. The topological polar surface area (TPSA) is 72.2 Å². The summed E-state index contributed by atoms with van der Waals surface area (Å²) < 4.78 is 15.1. The van der Waals surface area contributed by atoms with Crippen molar-refractivity contribution in [1.82, 2.24) is 20.2 Å². The highest BCUT2D eigenvalue weighted by molar-refractivity contribution is 7.99. The van der Waals surface area contributed by atoms with E-state index in [1.165, 1.54) is 30.1 Å². The van der Waals surface area contributed by atoms with Gasteiger partial charge < -0.3 is 0 Å². The summed E-state index contributed by atoms with van der Waals surface area (Å²) in [6, 6.07) is 25.4. The Hall–Kier alpha value is -3.78. The molecule has 1 aromatic heterocycles. The quantitative estimate of drug-likeness (QED) is 0.269. The fourth-order valence-electron chi connectivity index (χ4n) is 2.88. The molecule has 0 spiro atoms. The molecule has 0 unspecified atom stereocenters. The summed E-state index contributed by atoms with van der Waals surface area (Å²) in [5.41, 5.74) is 4.83. The number of hydrogen-bond acceptors (Lipinski definition) is 5. The van der Waals surface area contributed by atoms with Crippen LogP contribution in [0.4, 0.5) is 4.39 Å². The van der Waals surface area contributed by atoms with E-state index < -0.39 is 0 Å². The van der Waals surface area contributed by atoms with Crippen LogP contribution in [0.5, 0.6) is 0 Å². The normalized spacial score (nSPS) is 11.0. The van der Waals surface area contributed by atoms with Gasteiger partial charge in [-0.1, -0.05) is 72.4 Å². The van der Waals surface area contributed by atoms with Crippen molar-refractivity contribution in [3.05, 3.63) is 96.3 Å². The first-order valence-electron chi connectivity index (χ1n) is 9.47. The van der Waals surface area contributed by atoms with Crippen LogP contribution >= 0.6 is 11.8 Å². The van der Waals surface area contributed by atoms with Crippen molar-refractivity contribution in [2.75, 3.05) is 5.75 Å². The van der Waals surface area contributed by atoms with Crippen molar-refractivity contribution in [2.24, 2.45) is 5.10 Å². The Balaban J connectivity index is 1.48. The lowest BCUT2D eigenvalue weighted by molar-refractivity contribution is -0.118. The molecule has 0 bridgehead atoms. The number of hydrazone groups is 1. The molecular formula is C23H18FN5OS. The Labute approximate surface area is 182 Å². The highest BCUT2D eigenvalue weighted by atomic mass is 32.2. The summed E-state index contributed by atoms with van der Waals surface area (Å²) in [6.07, 6.45) is 1.39. The van der Waals surface area contributed by atoms with Gasteiger partial charge >= 0.3 is 0 Å². The van der Waals surface area contributed by atoms with E-state index in [1.807, 2.05) is 65.2 Å². The number of rotatable bonds is 7. The number of aromatic nitrogens is 3. The largest absolute Gasteiger partial charge is 0.272 e. The van der Waals surface area contributed by atoms with Crippen molar-refractivity contribution in [1.29, 1.82) is 0 Å². The Bertz CT molecular complexity index is 1200. The maximum atomic E-state index is 13.2. The monoisotopic (exact) mass is 431 g/mol. The molecule has 1 N–H and O–H groups in total. The molecule has 8 heteroatoms. The van der Waals surface area contributed by atoms with Crippen molar-refractivity contribution in [3.8, 4) is 17.1 Å². The number of halogens is 1. The zero-order chi connectivity index (χ0) is 21.5. The Kier molecular flexibility index (Phi) is 6.49. The van der Waals surface area contributed by atoms with Gasteiger partial charge in [-0.15, -0.1) is 10.2 Å². The number of amides is 1. The third-order valence-electron chi connectivity index (χ3n) is 4.26. The van der Waals surface area contributed by atoms with Crippen LogP contribution in [0, 0.1) is 5.82 Å². The van der Waals surface area contributed by atoms with E-state index in [0.717, 1.165) is 11.3 Å². The molecule has 0 atom stereocenters. The van der Waals surface area contributed by atoms with Crippen molar-refractivity contribution >= 4 is 23.9 Å². The third-order valence-corrected chi connectivity index (χ3v) is 5.19. The molecule has 0 radical (unpaired) electrons. The number of nitrogens with zero attached hydrogens (tertiary/aromatic N) is 4. The van der Waals surface area contributed by atoms with E-state index in [9.17, 15) is 9.18 Å². The molecule has 154 valence electrons. The van der Waals surface area contributed by atoms with Crippen LogP contribution in [0.2, 0.25) is 0 Å². The molecule has 0 aliphatic heterocycles. The third kappa shape index (κ3) is 5.23. The van der Waals surface area contributed by atoms with Crippen molar-refractivity contribution in [3.63, 3.8) is 0 Å². The highest BCUT2D eigenvalue weighted by Gasteiger charge is 2.16. The summed E-state index contributed by atoms with van der Waals surface area (Å²) >= 11 is 1.26. The van der Waals surface area contributed by atoms with E-state index in [4.69, 9.17) is 0 Å². The first-order chi connectivity index (χ1) is 15.2. The van der Waals surface area contributed by atoms with Gasteiger partial charge in [0.2, 0.25) is 0 Å². The van der Waals surface area contributed by atoms with Crippen LogP contribution in [-0.4, -0.2) is 32.6 Å². The number of carbonyl (C=O) groups excluding carboxylic acids is 1. The number of para-hydroxylation sites is 1. The molecule has 0 saturated carbocycles. The average Bonchev–Trinajstić information content (AvgIpc) is 3.23. The van der Waals surface area contributed by atoms with Crippen molar-refractivity contribution < 1.29 is 9.18 Å². The minimum atomic E-state index is -0.361. The lowest BCUT2D eigenvalue weighted by atomic mass is 10.2. The zero-order valence-electron chi connectivity index (χ0n) is 16.4. The summed E-state index contributed by atoms with van der Waals surface area (Å²) in [5, 5.41) is 13.1. The molecular weight excluding hydrogens is 413 g/mol. The highest BCUT2D eigenvalue weighted by Crippen LogP contribution is 2.27. The molecule has 1 amide bonds. The van der Waals surface area contributed by atoms with Gasteiger partial charge in [-0.2, -0.15) is 5.10 Å². The fourth-order valence-corrected chi connectivity index (χ4v) is 3.62. The van der Waals surface area contributed by atoms with E-state index >= 15 is 0 Å². The predicted octanol–water partition coefficient (Wildman–Crippen LogP) is 4.32. The van der Waals surface area contributed by atoms with Gasteiger partial charge in [-0.05, 0) is 29.8 Å². The van der Waals surface area contributed by atoms with Gasteiger partial charge in [-0.3, -0.25) is 9.36 Å². The molecule has 0 fully saturated rings. The number of hydrogen-bond donors (Lipinski definition) is 1. The Morgan fingerprint density at radius 2 is 1.74 bits per heavy atom. The first kappa shape index (κ1) is 20.5. The molecule has 0 saturated heterocycles. The molecule has 0 aliphatic carbocycles. The van der Waals surface area contributed by atoms with Crippen LogP contribution < -0.4 is 5.43 Å². The molecule has 3 aromatic carbocycles. The maximum Gasteiger partial charge on any atom is 0.250 e. The number of nitrogens with one attached hydrogen (secondary N) is 1. The lowest BCUT2D eigenvalue weighted by Gasteiger charge is -2.10. The van der Waals surface area contributed by atoms with Crippen LogP contribution in [0.1, 0.15) is 5.56 Å². The predicted molar refractivity (Wildman–Crippen MR) is 120 cm³/mol. The average molecular weight is 431 g/mol. The minimum Gasteiger partial charge on any atom is -0.272 e. The summed E-state index contributed by atoms with van der Waals surface area (Å²) in [6.45, 7) is 0. The van der Waals surface area contributed by atoms with Gasteiger partial charge in [0.1, 0.15) is 5.82 Å². The van der Waals surface area contributed by atoms with E-state index in [1.54, 1.807) is 12.1 Å². The van der Waals surface area contributed by atoms with E-state index in [2.05, 4.69) is 20.7 Å². The van der Waals surface area contributed by atoms with Gasteiger partial charge in [0, 0.05) is 11.3 Å². The molecule has 6 nitrogen and oxygen atoms in total. The standard InChI is InChI=1S/C23H18FN5OS/c24-19-11-7-8-17(14-19)15-25-26-21(30)16-31-23-28-27-22(18-9-3-1-4-10-18)29(23)20-12-5-2-6-13-20/h1-15H,16H2,(H,26,30)/b25-15+. The Morgan fingerprint density at radius 3 is 2.48 bits per heavy atom. The van der Waals surface area contributed by atoms with Crippen molar-refractivity contribution in [2.45, 2.75) is 5.16 Å². The second-order valence-electron chi connectivity index (χ2n) is 6.48. The molecule has 1 heterocycles. The summed E-state index contributed by atoms with van der Waals surface area (Å²) in [5.74, 6) is 0.126. The van der Waals surface area contributed by atoms with Gasteiger partial charge in [-0.25, -0.2) is 9.82 Å². The molecule has 4 rings (SSSR count). The smallest absolute Gasteiger partial charge is 0.250 e. The number of benzene rings is 3. The van der Waals surface area contributed by atoms with Crippen LogP contribution in [0.3, 0.4) is 0 Å². The zero-order valence-corrected chi connectivity index (χ0v) is 17.2. The first-order valence-corrected chi connectivity index (χ1v) is 10.5. The van der Waals surface area contributed by atoms with Crippen LogP contribution in [0.15, 0.2) is 95.2 Å². The molecule has 4 aromatic rings. The fraction of sp³-hybridized carbons (Fsp3) is 0.0435. The number of carbonyl (C=O) groups is 1. The minimum absolute atomic E-state index is 0.0975. The van der Waals surface area contributed by atoms with Crippen LogP contribution in [-0.2, 0) is 4.79 Å². The van der Waals surface area contributed by atoms with E-state index in [0.29, 0.717) is 16.5 Å². The number of thioether (sulfide) groups is 1. The summed E-state index contributed by atoms with van der Waals surface area (Å²) in [4.78, 5) is 12.2. The Morgan fingerprint density at radius 1 is 1.00 bits per heavy atom. The lowest BCUT2D eigenvalue weighted by Crippen LogP contribution is -2.20. The van der Waals surface area contributed by atoms with Gasteiger partial charge in [0.25, 0.3) is 5.91 Å². The maximum absolute atomic E-state index is 13.2. The van der Waals surface area contributed by atoms with Gasteiger partial charge in [0.15, 0.2) is 11.0 Å². The van der Waals surface area contributed by atoms with Gasteiger partial charge in [0.05, 0.1) is 12.0 Å². The second-order valence-corrected chi connectivity index (χ2v) is 7.42. The van der Waals surface area contributed by atoms with E-state index in [-0.39, 0.29) is 17.5 Å². The second kappa shape index (κ2) is 9.82. The SMILES string of the molecule is O=C(CSc1nnc(-c2ccccc2)n1-c1ccccc1)N/N=C/c1cccc(F)c1. The molecule has 0 aliphatic rings.